The van der Waals surface area contributed by atoms with E-state index >= 15 is 0 Å². The number of halogens is 1. The number of sulfonamides is 1. The summed E-state index contributed by atoms with van der Waals surface area (Å²) >= 11 is 0. The summed E-state index contributed by atoms with van der Waals surface area (Å²) < 4.78 is 45.4. The van der Waals surface area contributed by atoms with E-state index < -0.39 is 10.0 Å². The molecule has 1 aromatic heterocycles. The van der Waals surface area contributed by atoms with Crippen LogP contribution in [0.2, 0.25) is 0 Å². The number of hydrogen-bond donors (Lipinski definition) is 0. The molecule has 0 aliphatic carbocycles. The second-order valence-electron chi connectivity index (χ2n) is 5.85. The van der Waals surface area contributed by atoms with Gasteiger partial charge in [0.1, 0.15) is 11.5 Å². The molecule has 0 atom stereocenters. The van der Waals surface area contributed by atoms with Crippen LogP contribution in [0.5, 0.6) is 0 Å². The van der Waals surface area contributed by atoms with Crippen molar-refractivity contribution in [2.24, 2.45) is 0 Å². The Morgan fingerprint density at radius 3 is 2.48 bits per heavy atom. The Morgan fingerprint density at radius 1 is 1.04 bits per heavy atom. The molecule has 0 radical (unpaired) electrons. The summed E-state index contributed by atoms with van der Waals surface area (Å²) in [5.74, 6) is 0.254. The molecule has 0 unspecified atom stereocenters. The minimum Gasteiger partial charge on any atom is -0.356 e. The fourth-order valence-electron chi connectivity index (χ4n) is 2.98. The molecular formula is C18H15FN2O3S. The lowest BCUT2D eigenvalue weighted by atomic mass is 10.0. The van der Waals surface area contributed by atoms with Gasteiger partial charge in [0.25, 0.3) is 0 Å². The number of nitrogens with zero attached hydrogens (tertiary/aromatic N) is 2. The summed E-state index contributed by atoms with van der Waals surface area (Å²) in [6.07, 6.45) is 0.498. The summed E-state index contributed by atoms with van der Waals surface area (Å²) in [7, 11) is -3.56. The van der Waals surface area contributed by atoms with Crippen molar-refractivity contribution in [2.45, 2.75) is 17.9 Å². The highest BCUT2D eigenvalue weighted by Crippen LogP contribution is 2.32. The third-order valence-electron chi connectivity index (χ3n) is 4.29. The Morgan fingerprint density at radius 2 is 1.76 bits per heavy atom. The van der Waals surface area contributed by atoms with E-state index in [-0.39, 0.29) is 17.3 Å². The molecule has 5 nitrogen and oxygen atoms in total. The maximum absolute atomic E-state index is 13.1. The monoisotopic (exact) mass is 358 g/mol. The zero-order valence-corrected chi connectivity index (χ0v) is 14.0. The van der Waals surface area contributed by atoms with Crippen LogP contribution in [0.3, 0.4) is 0 Å². The minimum absolute atomic E-state index is 0.164. The van der Waals surface area contributed by atoms with Crippen LogP contribution in [-0.2, 0) is 23.0 Å². The summed E-state index contributed by atoms with van der Waals surface area (Å²) in [5.41, 5.74) is 2.21. The summed E-state index contributed by atoms with van der Waals surface area (Å²) in [6, 6.07) is 14.3. The molecule has 2 aromatic carbocycles. The van der Waals surface area contributed by atoms with E-state index in [9.17, 15) is 12.8 Å². The van der Waals surface area contributed by atoms with Crippen molar-refractivity contribution in [3.05, 3.63) is 71.7 Å². The molecule has 3 aromatic rings. The molecule has 0 amide bonds. The first kappa shape index (κ1) is 16.0. The van der Waals surface area contributed by atoms with E-state index in [0.29, 0.717) is 24.4 Å². The molecule has 0 bridgehead atoms. The first-order valence-electron chi connectivity index (χ1n) is 7.84. The maximum Gasteiger partial charge on any atom is 0.243 e. The fourth-order valence-corrected chi connectivity index (χ4v) is 4.40. The van der Waals surface area contributed by atoms with Crippen molar-refractivity contribution in [3.8, 4) is 11.3 Å². The van der Waals surface area contributed by atoms with E-state index in [1.807, 2.05) is 0 Å². The van der Waals surface area contributed by atoms with Gasteiger partial charge in [-0.05, 0) is 42.8 Å². The second-order valence-corrected chi connectivity index (χ2v) is 7.78. The molecule has 2 heterocycles. The van der Waals surface area contributed by atoms with E-state index in [2.05, 4.69) is 5.16 Å². The molecule has 0 N–H and O–H groups in total. The quantitative estimate of drug-likeness (QED) is 0.721. The van der Waals surface area contributed by atoms with Crippen LogP contribution in [0.25, 0.3) is 11.3 Å². The number of fused-ring (bicyclic) bond motifs is 1. The van der Waals surface area contributed by atoms with E-state index in [1.54, 1.807) is 42.5 Å². The van der Waals surface area contributed by atoms with Crippen molar-refractivity contribution in [1.29, 1.82) is 0 Å². The standard InChI is InChI=1S/C18H15FN2O3S/c19-14-8-6-13(7-9-14)18-16-10-11-21(12-17(16)20-24-18)25(22,23)15-4-2-1-3-5-15/h1-9H,10-12H2. The Bertz CT molecular complexity index is 999. The van der Waals surface area contributed by atoms with Crippen LogP contribution in [0.1, 0.15) is 11.3 Å². The molecule has 1 aliphatic heterocycles. The molecule has 25 heavy (non-hydrogen) atoms. The third kappa shape index (κ3) is 2.85. The average Bonchev–Trinajstić information content (AvgIpc) is 3.06. The predicted octanol–water partition coefficient (Wildman–Crippen LogP) is 3.23. The van der Waals surface area contributed by atoms with Crippen LogP contribution in [0, 0.1) is 5.82 Å². The van der Waals surface area contributed by atoms with Crippen LogP contribution in [-0.4, -0.2) is 24.4 Å². The van der Waals surface area contributed by atoms with Crippen molar-refractivity contribution in [3.63, 3.8) is 0 Å². The van der Waals surface area contributed by atoms with Crippen molar-refractivity contribution in [1.82, 2.24) is 9.46 Å². The van der Waals surface area contributed by atoms with Crippen LogP contribution in [0.4, 0.5) is 4.39 Å². The molecule has 128 valence electrons. The summed E-state index contributed by atoms with van der Waals surface area (Å²) in [4.78, 5) is 0.265. The molecule has 4 rings (SSSR count). The van der Waals surface area contributed by atoms with Gasteiger partial charge in [0.05, 0.1) is 11.4 Å². The molecule has 0 spiro atoms. The highest BCUT2D eigenvalue weighted by Gasteiger charge is 2.32. The second kappa shape index (κ2) is 6.09. The molecule has 0 fully saturated rings. The van der Waals surface area contributed by atoms with Crippen molar-refractivity contribution >= 4 is 10.0 Å². The van der Waals surface area contributed by atoms with Gasteiger partial charge in [0.2, 0.25) is 10.0 Å². The van der Waals surface area contributed by atoms with Gasteiger partial charge in [-0.3, -0.25) is 0 Å². The van der Waals surface area contributed by atoms with E-state index in [1.165, 1.54) is 16.4 Å². The SMILES string of the molecule is O=S(=O)(c1ccccc1)N1CCc2c(noc2-c2ccc(F)cc2)C1. The first-order valence-corrected chi connectivity index (χ1v) is 9.28. The Balaban J connectivity index is 1.64. The van der Waals surface area contributed by atoms with Crippen molar-refractivity contribution < 1.29 is 17.3 Å². The lowest BCUT2D eigenvalue weighted by Gasteiger charge is -2.25. The molecule has 1 aliphatic rings. The van der Waals surface area contributed by atoms with Gasteiger partial charge >= 0.3 is 0 Å². The number of rotatable bonds is 3. The third-order valence-corrected chi connectivity index (χ3v) is 6.15. The van der Waals surface area contributed by atoms with Crippen LogP contribution >= 0.6 is 0 Å². The van der Waals surface area contributed by atoms with Gasteiger partial charge in [-0.15, -0.1) is 0 Å². The van der Waals surface area contributed by atoms with Gasteiger partial charge in [-0.1, -0.05) is 23.4 Å². The van der Waals surface area contributed by atoms with E-state index in [4.69, 9.17) is 4.52 Å². The van der Waals surface area contributed by atoms with Gasteiger partial charge < -0.3 is 4.52 Å². The van der Waals surface area contributed by atoms with Gasteiger partial charge in [0.15, 0.2) is 5.76 Å². The summed E-state index contributed by atoms with van der Waals surface area (Å²) in [5, 5.41) is 4.04. The average molecular weight is 358 g/mol. The molecule has 0 saturated carbocycles. The molecular weight excluding hydrogens is 343 g/mol. The van der Waals surface area contributed by atoms with Gasteiger partial charge in [-0.25, -0.2) is 12.8 Å². The van der Waals surface area contributed by atoms with Gasteiger partial charge in [-0.2, -0.15) is 4.31 Å². The number of benzene rings is 2. The highest BCUT2D eigenvalue weighted by atomic mass is 32.2. The topological polar surface area (TPSA) is 63.4 Å². The largest absolute Gasteiger partial charge is 0.356 e. The van der Waals surface area contributed by atoms with Crippen LogP contribution in [0.15, 0.2) is 64.0 Å². The zero-order valence-electron chi connectivity index (χ0n) is 13.2. The van der Waals surface area contributed by atoms with E-state index in [0.717, 1.165) is 11.1 Å². The predicted molar refractivity (Wildman–Crippen MR) is 89.6 cm³/mol. The molecule has 7 heteroatoms. The summed E-state index contributed by atoms with van der Waals surface area (Å²) in [6.45, 7) is 0.511. The number of hydrogen-bond acceptors (Lipinski definition) is 4. The van der Waals surface area contributed by atoms with Crippen molar-refractivity contribution in [2.75, 3.05) is 6.54 Å². The lowest BCUT2D eigenvalue weighted by Crippen LogP contribution is -2.35. The maximum atomic E-state index is 13.1. The fraction of sp³-hybridized carbons (Fsp3) is 0.167. The van der Waals surface area contributed by atoms with Gasteiger partial charge in [0, 0.05) is 17.7 Å². The number of aromatic nitrogens is 1. The first-order chi connectivity index (χ1) is 12.1. The highest BCUT2D eigenvalue weighted by molar-refractivity contribution is 7.89. The van der Waals surface area contributed by atoms with Crippen LogP contribution < -0.4 is 0 Å². The smallest absolute Gasteiger partial charge is 0.243 e. The lowest BCUT2D eigenvalue weighted by molar-refractivity contribution is 0.371. The Hall–Kier alpha value is -2.51. The molecule has 0 saturated heterocycles. The minimum atomic E-state index is -3.56. The Kier molecular flexibility index (Phi) is 3.89. The Labute approximate surface area is 144 Å². The zero-order chi connectivity index (χ0) is 17.4. The normalized spacial score (nSPS) is 15.1.